The predicted molar refractivity (Wildman–Crippen MR) is 125 cm³/mol. The number of benzene rings is 2. The largest absolute Gasteiger partial charge is 0.497 e. The van der Waals surface area contributed by atoms with Crippen molar-refractivity contribution in [2.45, 2.75) is 6.92 Å². The Morgan fingerprint density at radius 1 is 0.971 bits per heavy atom. The molecule has 2 aromatic heterocycles. The molecule has 0 spiro atoms. The number of aryl methyl sites for hydroxylation is 2. The van der Waals surface area contributed by atoms with E-state index in [2.05, 4.69) is 25.7 Å². The summed E-state index contributed by atoms with van der Waals surface area (Å²) in [6, 6.07) is 11.0. The lowest BCUT2D eigenvalue weighted by Gasteiger charge is -2.11. The Kier molecular flexibility index (Phi) is 6.49. The van der Waals surface area contributed by atoms with Gasteiger partial charge in [0.05, 0.1) is 13.3 Å². The van der Waals surface area contributed by atoms with Crippen molar-refractivity contribution in [3.05, 3.63) is 78.4 Å². The number of nitrogens with one attached hydrogen (secondary N) is 2. The zero-order chi connectivity index (χ0) is 24.1. The van der Waals surface area contributed by atoms with Crippen LogP contribution in [0, 0.1) is 6.92 Å². The number of imide groups is 1. The molecule has 4 rings (SSSR count). The van der Waals surface area contributed by atoms with E-state index in [1.807, 2.05) is 20.2 Å². The summed E-state index contributed by atoms with van der Waals surface area (Å²) in [5, 5.41) is 9.06. The number of aromatic nitrogens is 4. The number of hydrogen-bond acceptors (Lipinski definition) is 7. The van der Waals surface area contributed by atoms with Gasteiger partial charge in [0.15, 0.2) is 0 Å². The van der Waals surface area contributed by atoms with Crippen LogP contribution in [0.2, 0.25) is 0 Å². The third-order valence-electron chi connectivity index (χ3n) is 4.88. The number of amides is 3. The molecule has 10 nitrogen and oxygen atoms in total. The maximum atomic E-state index is 12.2. The van der Waals surface area contributed by atoms with E-state index in [4.69, 9.17) is 9.47 Å². The molecule has 0 bridgehead atoms. The van der Waals surface area contributed by atoms with Crippen molar-refractivity contribution in [3.63, 3.8) is 0 Å². The molecule has 10 heteroatoms. The summed E-state index contributed by atoms with van der Waals surface area (Å²) in [7, 11) is 3.37. The maximum Gasteiger partial charge on any atom is 0.326 e. The van der Waals surface area contributed by atoms with Crippen molar-refractivity contribution in [3.8, 4) is 28.6 Å². The van der Waals surface area contributed by atoms with Crippen molar-refractivity contribution in [2.75, 3.05) is 12.4 Å². The third-order valence-corrected chi connectivity index (χ3v) is 4.88. The first-order chi connectivity index (χ1) is 16.4. The van der Waals surface area contributed by atoms with Crippen LogP contribution in [0.15, 0.2) is 67.3 Å². The molecule has 0 saturated carbocycles. The first-order valence-electron chi connectivity index (χ1n) is 10.3. The molecule has 2 N–H and O–H groups in total. The second-order valence-electron chi connectivity index (χ2n) is 7.38. The number of methoxy groups -OCH3 is 1. The van der Waals surface area contributed by atoms with E-state index >= 15 is 0 Å². The molecular formula is C24H22N6O4. The third kappa shape index (κ3) is 5.36. The molecule has 172 valence electrons. The van der Waals surface area contributed by atoms with Crippen molar-refractivity contribution in [1.82, 2.24) is 25.1 Å². The second kappa shape index (κ2) is 9.82. The lowest BCUT2D eigenvalue weighted by molar-refractivity contribution is 0.0967. The molecule has 0 aliphatic carbocycles. The fraction of sp³-hybridized carbons (Fsp3) is 0.125. The fourth-order valence-corrected chi connectivity index (χ4v) is 3.11. The van der Waals surface area contributed by atoms with E-state index in [-0.39, 0.29) is 6.01 Å². The molecule has 3 amide bonds. The number of ether oxygens (including phenoxy) is 2. The van der Waals surface area contributed by atoms with Crippen LogP contribution >= 0.6 is 0 Å². The van der Waals surface area contributed by atoms with Gasteiger partial charge in [0.2, 0.25) is 0 Å². The standard InChI is InChI=1S/C24H22N6O4/c1-15-10-19(28-23(32)29-22(31)16-4-7-20(33-3)8-5-16)6-9-21(15)34-24-25-11-17(12-26-24)18-13-27-30(2)14-18/h4-14H,1-3H3,(H2,28,29,31,32). The van der Waals surface area contributed by atoms with Crippen molar-refractivity contribution < 1.29 is 19.1 Å². The number of rotatable bonds is 6. The molecule has 2 heterocycles. The van der Waals surface area contributed by atoms with Crippen molar-refractivity contribution in [2.24, 2.45) is 7.05 Å². The molecule has 0 fully saturated rings. The average Bonchev–Trinajstić information content (AvgIpc) is 3.27. The van der Waals surface area contributed by atoms with Crippen molar-refractivity contribution in [1.29, 1.82) is 0 Å². The summed E-state index contributed by atoms with van der Waals surface area (Å²) in [5.41, 5.74) is 3.32. The zero-order valence-corrected chi connectivity index (χ0v) is 18.8. The van der Waals surface area contributed by atoms with Crippen LogP contribution in [0.25, 0.3) is 11.1 Å². The van der Waals surface area contributed by atoms with Crippen LogP contribution in [0.4, 0.5) is 10.5 Å². The van der Waals surface area contributed by atoms with E-state index < -0.39 is 11.9 Å². The van der Waals surface area contributed by atoms with Gasteiger partial charge in [-0.15, -0.1) is 0 Å². The zero-order valence-electron chi connectivity index (χ0n) is 18.8. The van der Waals surface area contributed by atoms with Crippen LogP contribution in [0.1, 0.15) is 15.9 Å². The minimum absolute atomic E-state index is 0.194. The Hall–Kier alpha value is -4.73. The van der Waals surface area contributed by atoms with Gasteiger partial charge in [0, 0.05) is 48.0 Å². The summed E-state index contributed by atoms with van der Waals surface area (Å²) < 4.78 is 12.5. The van der Waals surface area contributed by atoms with Crippen LogP contribution < -0.4 is 20.1 Å². The number of urea groups is 1. The maximum absolute atomic E-state index is 12.2. The Balaban J connectivity index is 1.36. The van der Waals surface area contributed by atoms with Gasteiger partial charge in [0.1, 0.15) is 11.5 Å². The van der Waals surface area contributed by atoms with E-state index in [1.54, 1.807) is 65.7 Å². The molecule has 0 aliphatic heterocycles. The topological polar surface area (TPSA) is 120 Å². The SMILES string of the molecule is COc1ccc(C(=O)NC(=O)Nc2ccc(Oc3ncc(-c4cnn(C)c4)cn3)c(C)c2)cc1. The van der Waals surface area contributed by atoms with E-state index in [1.165, 1.54) is 7.11 Å². The quantitative estimate of drug-likeness (QED) is 0.449. The van der Waals surface area contributed by atoms with Gasteiger partial charge >= 0.3 is 12.0 Å². The molecule has 4 aromatic rings. The lowest BCUT2D eigenvalue weighted by Crippen LogP contribution is -2.34. The number of carbonyl (C=O) groups is 2. The van der Waals surface area contributed by atoms with Gasteiger partial charge in [-0.25, -0.2) is 14.8 Å². The van der Waals surface area contributed by atoms with E-state index in [0.717, 1.165) is 16.7 Å². The highest BCUT2D eigenvalue weighted by Crippen LogP contribution is 2.26. The van der Waals surface area contributed by atoms with Crippen molar-refractivity contribution >= 4 is 17.6 Å². The van der Waals surface area contributed by atoms with Crippen LogP contribution in [-0.4, -0.2) is 38.8 Å². The van der Waals surface area contributed by atoms with Crippen LogP contribution in [-0.2, 0) is 7.05 Å². The summed E-state index contributed by atoms with van der Waals surface area (Å²) in [6.45, 7) is 1.82. The molecule has 34 heavy (non-hydrogen) atoms. The Labute approximate surface area is 195 Å². The first-order valence-corrected chi connectivity index (χ1v) is 10.3. The van der Waals surface area contributed by atoms with Crippen LogP contribution in [0.3, 0.4) is 0 Å². The summed E-state index contributed by atoms with van der Waals surface area (Å²) >= 11 is 0. The fourth-order valence-electron chi connectivity index (χ4n) is 3.11. The smallest absolute Gasteiger partial charge is 0.326 e. The number of hydrogen-bond donors (Lipinski definition) is 2. The predicted octanol–water partition coefficient (Wildman–Crippen LogP) is 3.95. The minimum Gasteiger partial charge on any atom is -0.497 e. The lowest BCUT2D eigenvalue weighted by atomic mass is 10.2. The molecular weight excluding hydrogens is 436 g/mol. The molecule has 0 saturated heterocycles. The summed E-state index contributed by atoms with van der Waals surface area (Å²) in [5.74, 6) is 0.631. The normalized spacial score (nSPS) is 10.4. The Morgan fingerprint density at radius 2 is 1.71 bits per heavy atom. The number of anilines is 1. The monoisotopic (exact) mass is 458 g/mol. The van der Waals surface area contributed by atoms with E-state index in [0.29, 0.717) is 22.7 Å². The van der Waals surface area contributed by atoms with Gasteiger partial charge in [0.25, 0.3) is 5.91 Å². The van der Waals surface area contributed by atoms with Crippen LogP contribution in [0.5, 0.6) is 17.5 Å². The van der Waals surface area contributed by atoms with Gasteiger partial charge in [-0.1, -0.05) is 0 Å². The summed E-state index contributed by atoms with van der Waals surface area (Å²) in [6.07, 6.45) is 6.93. The Morgan fingerprint density at radius 3 is 2.32 bits per heavy atom. The van der Waals surface area contributed by atoms with Gasteiger partial charge in [-0.2, -0.15) is 5.10 Å². The van der Waals surface area contributed by atoms with E-state index in [9.17, 15) is 9.59 Å². The highest BCUT2D eigenvalue weighted by molar-refractivity contribution is 6.08. The minimum atomic E-state index is -0.650. The average molecular weight is 458 g/mol. The van der Waals surface area contributed by atoms with Gasteiger partial charge < -0.3 is 14.8 Å². The molecule has 0 unspecified atom stereocenters. The molecule has 2 aromatic carbocycles. The number of nitrogens with zero attached hydrogens (tertiary/aromatic N) is 4. The van der Waals surface area contributed by atoms with Gasteiger partial charge in [-0.3, -0.25) is 14.8 Å². The second-order valence-corrected chi connectivity index (χ2v) is 7.38. The molecule has 0 atom stereocenters. The van der Waals surface area contributed by atoms with Gasteiger partial charge in [-0.05, 0) is 55.0 Å². The highest BCUT2D eigenvalue weighted by atomic mass is 16.5. The first kappa shape index (κ1) is 22.5. The Bertz CT molecular complexity index is 1320. The highest BCUT2D eigenvalue weighted by Gasteiger charge is 2.12. The summed E-state index contributed by atoms with van der Waals surface area (Å²) in [4.78, 5) is 33.0. The molecule has 0 radical (unpaired) electrons. The molecule has 0 aliphatic rings. The number of carbonyl (C=O) groups excluding carboxylic acids is 2.